The van der Waals surface area contributed by atoms with Gasteiger partial charge in [-0.2, -0.15) is 0 Å². The standard InChI is InChI=1S/C24H34N4O3/c1-5-18(3)27(24(30)25-21-11-7-8-12-22(21)31-6-2)17-23(29)28(19-13-14-19)16-20-10-9-15-26(20)4/h7-12,15,18-19H,5-6,13-14,16-17H2,1-4H3,(H,25,30)/t18-/m1/s1. The van der Waals surface area contributed by atoms with Crippen molar-refractivity contribution in [3.63, 3.8) is 0 Å². The van der Waals surface area contributed by atoms with Crippen molar-refractivity contribution in [3.8, 4) is 5.75 Å². The third-order valence-electron chi connectivity index (χ3n) is 5.81. The number of carbonyl (C=O) groups excluding carboxylic acids is 2. The van der Waals surface area contributed by atoms with Gasteiger partial charge in [0.25, 0.3) is 0 Å². The van der Waals surface area contributed by atoms with E-state index in [1.54, 1.807) is 4.90 Å². The molecule has 2 aromatic rings. The van der Waals surface area contributed by atoms with Gasteiger partial charge in [-0.25, -0.2) is 4.79 Å². The normalized spacial score (nSPS) is 14.1. The Labute approximate surface area is 185 Å². The number of anilines is 1. The Hall–Kier alpha value is -2.96. The molecule has 0 spiro atoms. The summed E-state index contributed by atoms with van der Waals surface area (Å²) in [4.78, 5) is 30.0. The second-order valence-electron chi connectivity index (χ2n) is 8.11. The number of urea groups is 1. The molecule has 0 unspecified atom stereocenters. The lowest BCUT2D eigenvalue weighted by atomic mass is 10.2. The summed E-state index contributed by atoms with van der Waals surface area (Å²) < 4.78 is 7.66. The predicted octanol–water partition coefficient (Wildman–Crippen LogP) is 4.25. The first kappa shape index (κ1) is 22.7. The van der Waals surface area contributed by atoms with Crippen molar-refractivity contribution >= 4 is 17.6 Å². The zero-order valence-corrected chi connectivity index (χ0v) is 19.0. The van der Waals surface area contributed by atoms with Crippen LogP contribution >= 0.6 is 0 Å². The summed E-state index contributed by atoms with van der Waals surface area (Å²) in [6, 6.07) is 11.3. The molecule has 1 heterocycles. The topological polar surface area (TPSA) is 66.8 Å². The van der Waals surface area contributed by atoms with Crippen LogP contribution in [0.4, 0.5) is 10.5 Å². The van der Waals surface area contributed by atoms with Gasteiger partial charge in [0, 0.05) is 31.0 Å². The summed E-state index contributed by atoms with van der Waals surface area (Å²) in [7, 11) is 1.99. The first-order chi connectivity index (χ1) is 14.9. The van der Waals surface area contributed by atoms with E-state index in [0.29, 0.717) is 24.6 Å². The monoisotopic (exact) mass is 426 g/mol. The molecule has 7 nitrogen and oxygen atoms in total. The minimum atomic E-state index is -0.288. The Morgan fingerprint density at radius 3 is 2.55 bits per heavy atom. The van der Waals surface area contributed by atoms with Crippen LogP contribution in [0.2, 0.25) is 0 Å². The average Bonchev–Trinajstić information content (AvgIpc) is 3.52. The van der Waals surface area contributed by atoms with E-state index in [-0.39, 0.29) is 30.6 Å². The molecule has 0 radical (unpaired) electrons. The first-order valence-electron chi connectivity index (χ1n) is 11.1. The number of rotatable bonds is 10. The van der Waals surface area contributed by atoms with Crippen LogP contribution in [0.5, 0.6) is 5.75 Å². The summed E-state index contributed by atoms with van der Waals surface area (Å²) in [6.45, 7) is 7.03. The van der Waals surface area contributed by atoms with Crippen molar-refractivity contribution in [1.29, 1.82) is 0 Å². The van der Waals surface area contributed by atoms with Crippen LogP contribution in [-0.4, -0.2) is 51.5 Å². The second kappa shape index (κ2) is 10.4. The molecule has 1 saturated carbocycles. The summed E-state index contributed by atoms with van der Waals surface area (Å²) in [5, 5.41) is 2.94. The summed E-state index contributed by atoms with van der Waals surface area (Å²) in [5.41, 5.74) is 1.70. The van der Waals surface area contributed by atoms with Crippen molar-refractivity contribution < 1.29 is 14.3 Å². The lowest BCUT2D eigenvalue weighted by molar-refractivity contribution is -0.133. The van der Waals surface area contributed by atoms with Crippen LogP contribution in [0.25, 0.3) is 0 Å². The maximum atomic E-state index is 13.3. The molecule has 3 rings (SSSR count). The Balaban J connectivity index is 1.73. The minimum absolute atomic E-state index is 0.0164. The van der Waals surface area contributed by atoms with Gasteiger partial charge in [0.2, 0.25) is 5.91 Å². The zero-order chi connectivity index (χ0) is 22.4. The maximum Gasteiger partial charge on any atom is 0.322 e. The van der Waals surface area contributed by atoms with Gasteiger partial charge in [0.05, 0.1) is 18.8 Å². The van der Waals surface area contributed by atoms with Crippen LogP contribution < -0.4 is 10.1 Å². The Morgan fingerprint density at radius 1 is 1.19 bits per heavy atom. The van der Waals surface area contributed by atoms with E-state index in [1.165, 1.54) is 0 Å². The third kappa shape index (κ3) is 5.81. The van der Waals surface area contributed by atoms with Gasteiger partial charge in [0.1, 0.15) is 12.3 Å². The van der Waals surface area contributed by atoms with Crippen LogP contribution in [-0.2, 0) is 18.4 Å². The summed E-state index contributed by atoms with van der Waals surface area (Å²) in [5.74, 6) is 0.606. The highest BCUT2D eigenvalue weighted by molar-refractivity contribution is 5.93. The number of carbonyl (C=O) groups is 2. The van der Waals surface area contributed by atoms with Crippen LogP contribution in [0.15, 0.2) is 42.6 Å². The third-order valence-corrected chi connectivity index (χ3v) is 5.81. The fourth-order valence-corrected chi connectivity index (χ4v) is 3.57. The first-order valence-corrected chi connectivity index (χ1v) is 11.1. The van der Waals surface area contributed by atoms with Crippen LogP contribution in [0.1, 0.15) is 45.7 Å². The summed E-state index contributed by atoms with van der Waals surface area (Å²) in [6.07, 6.45) is 4.79. The number of aryl methyl sites for hydroxylation is 1. The molecule has 0 saturated heterocycles. The molecule has 7 heteroatoms. The molecule has 0 bridgehead atoms. The highest BCUT2D eigenvalue weighted by Crippen LogP contribution is 2.29. The van der Waals surface area contributed by atoms with Crippen molar-refractivity contribution in [2.24, 2.45) is 7.05 Å². The second-order valence-corrected chi connectivity index (χ2v) is 8.11. The Bertz CT molecular complexity index is 890. The predicted molar refractivity (Wildman–Crippen MR) is 122 cm³/mol. The lowest BCUT2D eigenvalue weighted by Crippen LogP contribution is -2.48. The number of aromatic nitrogens is 1. The quantitative estimate of drug-likeness (QED) is 0.618. The SMILES string of the molecule is CCOc1ccccc1NC(=O)N(CC(=O)N(Cc1cccn1C)C1CC1)[C@H](C)CC. The van der Waals surface area contributed by atoms with E-state index < -0.39 is 0 Å². The van der Waals surface area contributed by atoms with E-state index in [0.717, 1.165) is 25.0 Å². The fourth-order valence-electron chi connectivity index (χ4n) is 3.57. The molecular formula is C24H34N4O3. The molecular weight excluding hydrogens is 392 g/mol. The molecule has 1 aromatic heterocycles. The zero-order valence-electron chi connectivity index (χ0n) is 19.0. The number of nitrogens with zero attached hydrogens (tertiary/aromatic N) is 3. The van der Waals surface area contributed by atoms with Gasteiger partial charge >= 0.3 is 6.03 Å². The number of benzene rings is 1. The Morgan fingerprint density at radius 2 is 1.94 bits per heavy atom. The number of hydrogen-bond donors (Lipinski definition) is 1. The number of ether oxygens (including phenoxy) is 1. The number of amides is 3. The smallest absolute Gasteiger partial charge is 0.322 e. The molecule has 3 amide bonds. The van der Waals surface area contributed by atoms with Gasteiger partial charge < -0.3 is 24.4 Å². The van der Waals surface area contributed by atoms with Crippen molar-refractivity contribution in [1.82, 2.24) is 14.4 Å². The van der Waals surface area contributed by atoms with Gasteiger partial charge in [-0.05, 0) is 57.4 Å². The van der Waals surface area contributed by atoms with Crippen molar-refractivity contribution in [3.05, 3.63) is 48.3 Å². The number of para-hydroxylation sites is 2. The molecule has 1 aliphatic rings. The number of nitrogens with one attached hydrogen (secondary N) is 1. The molecule has 1 fully saturated rings. The van der Waals surface area contributed by atoms with Crippen LogP contribution in [0, 0.1) is 0 Å². The Kier molecular flexibility index (Phi) is 7.60. The average molecular weight is 427 g/mol. The van der Waals surface area contributed by atoms with Gasteiger partial charge in [-0.15, -0.1) is 0 Å². The van der Waals surface area contributed by atoms with Crippen molar-refractivity contribution in [2.75, 3.05) is 18.5 Å². The number of hydrogen-bond acceptors (Lipinski definition) is 3. The van der Waals surface area contributed by atoms with E-state index in [4.69, 9.17) is 4.74 Å². The van der Waals surface area contributed by atoms with E-state index in [1.807, 2.05) is 79.9 Å². The molecule has 1 aromatic carbocycles. The molecule has 31 heavy (non-hydrogen) atoms. The van der Waals surface area contributed by atoms with Gasteiger partial charge in [-0.3, -0.25) is 4.79 Å². The van der Waals surface area contributed by atoms with Crippen molar-refractivity contribution in [2.45, 2.75) is 58.7 Å². The molecule has 168 valence electrons. The maximum absolute atomic E-state index is 13.3. The van der Waals surface area contributed by atoms with Crippen LogP contribution in [0.3, 0.4) is 0 Å². The van der Waals surface area contributed by atoms with E-state index in [9.17, 15) is 9.59 Å². The molecule has 1 N–H and O–H groups in total. The highest BCUT2D eigenvalue weighted by Gasteiger charge is 2.35. The lowest BCUT2D eigenvalue weighted by Gasteiger charge is -2.31. The molecule has 1 atom stereocenters. The largest absolute Gasteiger partial charge is 0.492 e. The van der Waals surface area contributed by atoms with E-state index >= 15 is 0 Å². The van der Waals surface area contributed by atoms with Gasteiger partial charge in [-0.1, -0.05) is 19.1 Å². The minimum Gasteiger partial charge on any atom is -0.492 e. The molecule has 0 aliphatic heterocycles. The summed E-state index contributed by atoms with van der Waals surface area (Å²) >= 11 is 0. The fraction of sp³-hybridized carbons (Fsp3) is 0.500. The molecule has 1 aliphatic carbocycles. The van der Waals surface area contributed by atoms with E-state index in [2.05, 4.69) is 5.32 Å². The highest BCUT2D eigenvalue weighted by atomic mass is 16.5. The van der Waals surface area contributed by atoms with Gasteiger partial charge in [0.15, 0.2) is 0 Å².